The Labute approximate surface area is 105 Å². The van der Waals surface area contributed by atoms with Crippen molar-refractivity contribution in [3.8, 4) is 0 Å². The third-order valence-corrected chi connectivity index (χ3v) is 5.76. The lowest BCUT2D eigenvalue weighted by molar-refractivity contribution is -0.134. The maximum absolute atomic E-state index is 10.4. The Kier molecular flexibility index (Phi) is 3.16. The van der Waals surface area contributed by atoms with Crippen LogP contribution in [0.5, 0.6) is 0 Å². The molecule has 2 N–H and O–H groups in total. The smallest absolute Gasteiger partial charge is 0.0626 e. The van der Waals surface area contributed by atoms with Gasteiger partial charge in [-0.1, -0.05) is 19.1 Å². The molecule has 2 aliphatic carbocycles. The zero-order valence-electron chi connectivity index (χ0n) is 11.4. The molecule has 0 aromatic carbocycles. The molecule has 0 saturated heterocycles. The molecule has 0 heterocycles. The van der Waals surface area contributed by atoms with E-state index in [2.05, 4.69) is 20.4 Å². The lowest BCUT2D eigenvalue weighted by Gasteiger charge is -2.53. The summed E-state index contributed by atoms with van der Waals surface area (Å²) in [6, 6.07) is 0. The van der Waals surface area contributed by atoms with Crippen molar-refractivity contribution in [3.63, 3.8) is 0 Å². The van der Waals surface area contributed by atoms with Crippen molar-refractivity contribution in [3.05, 3.63) is 12.2 Å². The molecule has 98 valence electrons. The molecule has 2 heteroatoms. The number of hydrogen-bond acceptors (Lipinski definition) is 2. The molecule has 0 aliphatic heterocycles. The number of aliphatic hydroxyl groups is 2. The number of rotatable bonds is 2. The van der Waals surface area contributed by atoms with Crippen molar-refractivity contribution < 1.29 is 10.2 Å². The number of aliphatic hydroxyl groups excluding tert-OH is 2. The molecule has 17 heavy (non-hydrogen) atoms. The summed E-state index contributed by atoms with van der Waals surface area (Å²) in [6.07, 6.45) is 4.26. The Bertz CT molecular complexity index is 323. The van der Waals surface area contributed by atoms with Gasteiger partial charge in [0.15, 0.2) is 0 Å². The second-order valence-corrected chi connectivity index (χ2v) is 6.62. The summed E-state index contributed by atoms with van der Waals surface area (Å²) in [5, 5.41) is 20.7. The summed E-state index contributed by atoms with van der Waals surface area (Å²) in [6.45, 7) is 10.3. The van der Waals surface area contributed by atoms with Crippen molar-refractivity contribution in [2.45, 2.75) is 65.1 Å². The Morgan fingerprint density at radius 1 is 1.35 bits per heavy atom. The van der Waals surface area contributed by atoms with E-state index in [1.165, 1.54) is 5.57 Å². The van der Waals surface area contributed by atoms with Crippen LogP contribution in [-0.2, 0) is 0 Å². The molecule has 0 bridgehead atoms. The molecule has 1 unspecified atom stereocenters. The van der Waals surface area contributed by atoms with Gasteiger partial charge in [-0.25, -0.2) is 0 Å². The third-order valence-electron chi connectivity index (χ3n) is 5.76. The fourth-order valence-electron chi connectivity index (χ4n) is 4.46. The van der Waals surface area contributed by atoms with Crippen LogP contribution >= 0.6 is 0 Å². The van der Waals surface area contributed by atoms with E-state index >= 15 is 0 Å². The molecule has 2 fully saturated rings. The minimum atomic E-state index is -0.438. The highest BCUT2D eigenvalue weighted by Crippen LogP contribution is 2.64. The maximum atomic E-state index is 10.4. The standard InChI is InChI=1S/C15H26O2/c1-10(2)12-5-7-14(4)8-6-13(17)15(14,9-12)11(3)16/h11-13,16-17H,1,5-9H2,2-4H3/t11?,12-,13+,14+,15+/m1/s1. The fraction of sp³-hybridized carbons (Fsp3) is 0.867. The quantitative estimate of drug-likeness (QED) is 0.726. The highest BCUT2D eigenvalue weighted by Gasteiger charge is 2.61. The molecule has 0 spiro atoms. The molecular formula is C15H26O2. The largest absolute Gasteiger partial charge is 0.393 e. The number of fused-ring (bicyclic) bond motifs is 1. The topological polar surface area (TPSA) is 40.5 Å². The van der Waals surface area contributed by atoms with Crippen LogP contribution in [0.4, 0.5) is 0 Å². The van der Waals surface area contributed by atoms with Gasteiger partial charge in [-0.2, -0.15) is 0 Å². The molecule has 0 amide bonds. The van der Waals surface area contributed by atoms with E-state index in [-0.39, 0.29) is 16.9 Å². The Hall–Kier alpha value is -0.340. The average Bonchev–Trinajstić information content (AvgIpc) is 2.52. The highest BCUT2D eigenvalue weighted by molar-refractivity contribution is 5.14. The van der Waals surface area contributed by atoms with E-state index in [0.717, 1.165) is 32.1 Å². The summed E-state index contributed by atoms with van der Waals surface area (Å²) >= 11 is 0. The van der Waals surface area contributed by atoms with Crippen molar-refractivity contribution in [2.24, 2.45) is 16.7 Å². The Balaban J connectivity index is 2.37. The summed E-state index contributed by atoms with van der Waals surface area (Å²) in [5.74, 6) is 0.463. The monoisotopic (exact) mass is 238 g/mol. The highest BCUT2D eigenvalue weighted by atomic mass is 16.3. The molecule has 2 nitrogen and oxygen atoms in total. The zero-order valence-corrected chi connectivity index (χ0v) is 11.4. The van der Waals surface area contributed by atoms with Crippen LogP contribution < -0.4 is 0 Å². The van der Waals surface area contributed by atoms with Crippen LogP contribution in [0, 0.1) is 16.7 Å². The van der Waals surface area contributed by atoms with Gasteiger partial charge in [0.25, 0.3) is 0 Å². The van der Waals surface area contributed by atoms with E-state index in [1.807, 2.05) is 6.92 Å². The fourth-order valence-corrected chi connectivity index (χ4v) is 4.46. The second-order valence-electron chi connectivity index (χ2n) is 6.62. The maximum Gasteiger partial charge on any atom is 0.0626 e. The predicted octanol–water partition coefficient (Wildman–Crippen LogP) is 2.89. The second kappa shape index (κ2) is 4.10. The van der Waals surface area contributed by atoms with Gasteiger partial charge >= 0.3 is 0 Å². The number of allylic oxidation sites excluding steroid dienone is 1. The van der Waals surface area contributed by atoms with Gasteiger partial charge in [0, 0.05) is 5.41 Å². The predicted molar refractivity (Wildman–Crippen MR) is 69.6 cm³/mol. The molecule has 0 radical (unpaired) electrons. The van der Waals surface area contributed by atoms with Crippen LogP contribution in [0.3, 0.4) is 0 Å². The minimum absolute atomic E-state index is 0.104. The van der Waals surface area contributed by atoms with Crippen molar-refractivity contribution in [1.82, 2.24) is 0 Å². The molecule has 5 atom stereocenters. The third kappa shape index (κ3) is 1.68. The first-order valence-corrected chi connectivity index (χ1v) is 6.85. The van der Waals surface area contributed by atoms with E-state index in [1.54, 1.807) is 0 Å². The summed E-state index contributed by atoms with van der Waals surface area (Å²) < 4.78 is 0. The SMILES string of the molecule is C=C(C)[C@@H]1CC[C@@]2(C)CC[C@H](O)[C@@]2(C(C)O)C1. The zero-order chi connectivity index (χ0) is 12.8. The van der Waals surface area contributed by atoms with Gasteiger partial charge in [-0.3, -0.25) is 0 Å². The molecular weight excluding hydrogens is 212 g/mol. The Morgan fingerprint density at radius 2 is 1.94 bits per heavy atom. The van der Waals surface area contributed by atoms with E-state index in [9.17, 15) is 10.2 Å². The van der Waals surface area contributed by atoms with Crippen LogP contribution in [0.25, 0.3) is 0 Å². The molecule has 0 aromatic heterocycles. The normalized spacial score (nSPS) is 47.6. The van der Waals surface area contributed by atoms with E-state index in [0.29, 0.717) is 5.92 Å². The van der Waals surface area contributed by atoms with Crippen LogP contribution in [-0.4, -0.2) is 22.4 Å². The lowest BCUT2D eigenvalue weighted by atomic mass is 9.53. The van der Waals surface area contributed by atoms with Crippen molar-refractivity contribution >= 4 is 0 Å². The first-order chi connectivity index (χ1) is 7.83. The average molecular weight is 238 g/mol. The van der Waals surface area contributed by atoms with Gasteiger partial charge in [-0.05, 0) is 57.3 Å². The van der Waals surface area contributed by atoms with Gasteiger partial charge in [-0.15, -0.1) is 0 Å². The van der Waals surface area contributed by atoms with Gasteiger partial charge in [0.05, 0.1) is 12.2 Å². The summed E-state index contributed by atoms with van der Waals surface area (Å²) in [7, 11) is 0. The van der Waals surface area contributed by atoms with E-state index < -0.39 is 6.10 Å². The van der Waals surface area contributed by atoms with Gasteiger partial charge < -0.3 is 10.2 Å². The van der Waals surface area contributed by atoms with Crippen LogP contribution in [0.1, 0.15) is 52.9 Å². The van der Waals surface area contributed by atoms with E-state index in [4.69, 9.17) is 0 Å². The van der Waals surface area contributed by atoms with Crippen LogP contribution in [0.2, 0.25) is 0 Å². The van der Waals surface area contributed by atoms with Gasteiger partial charge in [0.2, 0.25) is 0 Å². The molecule has 2 aliphatic rings. The first-order valence-electron chi connectivity index (χ1n) is 6.85. The molecule has 0 aromatic rings. The summed E-state index contributed by atoms with van der Waals surface area (Å²) in [4.78, 5) is 0. The first kappa shape index (κ1) is 13.1. The molecule has 2 saturated carbocycles. The van der Waals surface area contributed by atoms with Crippen molar-refractivity contribution in [1.29, 1.82) is 0 Å². The van der Waals surface area contributed by atoms with Crippen LogP contribution in [0.15, 0.2) is 12.2 Å². The minimum Gasteiger partial charge on any atom is -0.393 e. The lowest BCUT2D eigenvalue weighted by Crippen LogP contribution is -2.53. The summed E-state index contributed by atoms with van der Waals surface area (Å²) in [5.41, 5.74) is 0.993. The van der Waals surface area contributed by atoms with Crippen molar-refractivity contribution in [2.75, 3.05) is 0 Å². The number of hydrogen-bond donors (Lipinski definition) is 2. The molecule has 2 rings (SSSR count). The Morgan fingerprint density at radius 3 is 2.47 bits per heavy atom. The van der Waals surface area contributed by atoms with Gasteiger partial charge in [0.1, 0.15) is 0 Å².